The molecule has 0 aliphatic rings. The molecule has 1 unspecified atom stereocenters. The molecule has 1 aromatic heterocycles. The Balaban J connectivity index is 2.90. The molecule has 0 saturated heterocycles. The Kier molecular flexibility index (Phi) is 4.20. The SMILES string of the molecule is CCC(C)(CCO)Nc1nccnc1C#N. The molecule has 0 fully saturated rings. The molecule has 0 aromatic carbocycles. The highest BCUT2D eigenvalue weighted by molar-refractivity contribution is 5.48. The Morgan fingerprint density at radius 1 is 1.50 bits per heavy atom. The van der Waals surface area contributed by atoms with Crippen LogP contribution in [-0.4, -0.2) is 27.2 Å². The van der Waals surface area contributed by atoms with Crippen LogP contribution in [0.4, 0.5) is 5.82 Å². The number of hydrogen-bond acceptors (Lipinski definition) is 5. The maximum Gasteiger partial charge on any atom is 0.182 e. The van der Waals surface area contributed by atoms with Crippen LogP contribution >= 0.6 is 0 Å². The summed E-state index contributed by atoms with van der Waals surface area (Å²) >= 11 is 0. The minimum Gasteiger partial charge on any atom is -0.396 e. The molecular weight excluding hydrogens is 204 g/mol. The molecule has 5 nitrogen and oxygen atoms in total. The third kappa shape index (κ3) is 2.91. The van der Waals surface area contributed by atoms with Gasteiger partial charge in [0.15, 0.2) is 11.5 Å². The van der Waals surface area contributed by atoms with E-state index in [1.807, 2.05) is 19.9 Å². The summed E-state index contributed by atoms with van der Waals surface area (Å²) in [7, 11) is 0. The second-order valence-electron chi connectivity index (χ2n) is 3.88. The van der Waals surface area contributed by atoms with Gasteiger partial charge >= 0.3 is 0 Å². The lowest BCUT2D eigenvalue weighted by Crippen LogP contribution is -2.35. The van der Waals surface area contributed by atoms with Gasteiger partial charge in [0, 0.05) is 24.5 Å². The molecule has 86 valence electrons. The fraction of sp³-hybridized carbons (Fsp3) is 0.545. The Hall–Kier alpha value is -1.67. The van der Waals surface area contributed by atoms with E-state index in [2.05, 4.69) is 15.3 Å². The van der Waals surface area contributed by atoms with Crippen molar-refractivity contribution >= 4 is 5.82 Å². The summed E-state index contributed by atoms with van der Waals surface area (Å²) in [6, 6.07) is 1.99. The van der Waals surface area contributed by atoms with Crippen molar-refractivity contribution in [2.24, 2.45) is 0 Å². The van der Waals surface area contributed by atoms with Gasteiger partial charge in [-0.2, -0.15) is 5.26 Å². The Bertz CT molecular complexity index is 388. The predicted octanol–water partition coefficient (Wildman–Crippen LogP) is 1.31. The van der Waals surface area contributed by atoms with Crippen LogP contribution in [0.2, 0.25) is 0 Å². The van der Waals surface area contributed by atoms with Gasteiger partial charge in [-0.15, -0.1) is 0 Å². The summed E-state index contributed by atoms with van der Waals surface area (Å²) in [5.74, 6) is 0.475. The highest BCUT2D eigenvalue weighted by Crippen LogP contribution is 2.21. The zero-order valence-electron chi connectivity index (χ0n) is 9.56. The van der Waals surface area contributed by atoms with Crippen LogP contribution in [0.25, 0.3) is 0 Å². The molecule has 0 amide bonds. The predicted molar refractivity (Wildman–Crippen MR) is 60.8 cm³/mol. The van der Waals surface area contributed by atoms with Crippen molar-refractivity contribution in [2.45, 2.75) is 32.2 Å². The van der Waals surface area contributed by atoms with Crippen LogP contribution in [0.3, 0.4) is 0 Å². The van der Waals surface area contributed by atoms with Gasteiger partial charge in [-0.05, 0) is 19.8 Å². The molecule has 1 heterocycles. The van der Waals surface area contributed by atoms with Gasteiger partial charge in [0.2, 0.25) is 0 Å². The normalized spacial score (nSPS) is 13.9. The van der Waals surface area contributed by atoms with E-state index in [0.717, 1.165) is 6.42 Å². The first-order valence-corrected chi connectivity index (χ1v) is 5.25. The van der Waals surface area contributed by atoms with Crippen LogP contribution < -0.4 is 5.32 Å². The lowest BCUT2D eigenvalue weighted by molar-refractivity contribution is 0.251. The first kappa shape index (κ1) is 12.4. The quantitative estimate of drug-likeness (QED) is 0.781. The Morgan fingerprint density at radius 3 is 2.75 bits per heavy atom. The number of nitrogens with one attached hydrogen (secondary N) is 1. The van der Waals surface area contributed by atoms with E-state index in [1.54, 1.807) is 0 Å². The topological polar surface area (TPSA) is 81.8 Å². The number of anilines is 1. The van der Waals surface area contributed by atoms with Crippen molar-refractivity contribution < 1.29 is 5.11 Å². The third-order valence-electron chi connectivity index (χ3n) is 2.67. The fourth-order valence-electron chi connectivity index (χ4n) is 1.37. The number of aliphatic hydroxyl groups excluding tert-OH is 1. The van der Waals surface area contributed by atoms with Crippen LogP contribution in [0.15, 0.2) is 12.4 Å². The largest absolute Gasteiger partial charge is 0.396 e. The molecule has 16 heavy (non-hydrogen) atoms. The molecule has 1 atom stereocenters. The molecule has 2 N–H and O–H groups in total. The molecule has 0 saturated carbocycles. The standard InChI is InChI=1S/C11H16N4O/c1-3-11(2,4-7-16)15-10-9(8-12)13-5-6-14-10/h5-6,16H,3-4,7H2,1-2H3,(H,14,15). The van der Waals surface area contributed by atoms with Crippen molar-refractivity contribution in [3.8, 4) is 6.07 Å². The molecular formula is C11H16N4O. The zero-order chi connectivity index (χ0) is 12.0. The average Bonchev–Trinajstić information content (AvgIpc) is 2.30. The van der Waals surface area contributed by atoms with E-state index >= 15 is 0 Å². The van der Waals surface area contributed by atoms with Gasteiger partial charge in [-0.3, -0.25) is 0 Å². The summed E-state index contributed by atoms with van der Waals surface area (Å²) in [6.07, 6.45) is 4.46. The van der Waals surface area contributed by atoms with Crippen LogP contribution in [0.1, 0.15) is 32.4 Å². The number of aromatic nitrogens is 2. The van der Waals surface area contributed by atoms with E-state index < -0.39 is 0 Å². The van der Waals surface area contributed by atoms with E-state index in [0.29, 0.717) is 12.2 Å². The number of rotatable bonds is 5. The van der Waals surface area contributed by atoms with Gasteiger partial charge in [0.1, 0.15) is 6.07 Å². The van der Waals surface area contributed by atoms with Gasteiger partial charge in [-0.25, -0.2) is 9.97 Å². The second-order valence-corrected chi connectivity index (χ2v) is 3.88. The molecule has 0 aliphatic carbocycles. The van der Waals surface area contributed by atoms with E-state index in [-0.39, 0.29) is 17.8 Å². The Morgan fingerprint density at radius 2 is 2.19 bits per heavy atom. The van der Waals surface area contributed by atoms with E-state index in [1.165, 1.54) is 12.4 Å². The molecule has 0 radical (unpaired) electrons. The third-order valence-corrected chi connectivity index (χ3v) is 2.67. The number of nitriles is 1. The molecule has 0 bridgehead atoms. The molecule has 5 heteroatoms. The van der Waals surface area contributed by atoms with Crippen LogP contribution in [-0.2, 0) is 0 Å². The summed E-state index contributed by atoms with van der Waals surface area (Å²) in [5.41, 5.74) is 0.0104. The fourth-order valence-corrected chi connectivity index (χ4v) is 1.37. The smallest absolute Gasteiger partial charge is 0.182 e. The van der Waals surface area contributed by atoms with Crippen LogP contribution in [0.5, 0.6) is 0 Å². The lowest BCUT2D eigenvalue weighted by Gasteiger charge is -2.29. The number of nitrogens with zero attached hydrogens (tertiary/aromatic N) is 3. The van der Waals surface area contributed by atoms with Crippen molar-refractivity contribution in [3.63, 3.8) is 0 Å². The van der Waals surface area contributed by atoms with Gasteiger partial charge in [-0.1, -0.05) is 6.92 Å². The first-order valence-electron chi connectivity index (χ1n) is 5.25. The van der Waals surface area contributed by atoms with Crippen LogP contribution in [0, 0.1) is 11.3 Å². The zero-order valence-corrected chi connectivity index (χ0v) is 9.56. The number of aliphatic hydroxyl groups is 1. The summed E-state index contributed by atoms with van der Waals surface area (Å²) in [4.78, 5) is 8.01. The van der Waals surface area contributed by atoms with Crippen molar-refractivity contribution in [3.05, 3.63) is 18.1 Å². The highest BCUT2D eigenvalue weighted by Gasteiger charge is 2.22. The maximum atomic E-state index is 9.00. The van der Waals surface area contributed by atoms with E-state index in [4.69, 9.17) is 10.4 Å². The lowest BCUT2D eigenvalue weighted by atomic mass is 9.95. The van der Waals surface area contributed by atoms with Gasteiger partial charge in [0.05, 0.1) is 0 Å². The van der Waals surface area contributed by atoms with Gasteiger partial charge < -0.3 is 10.4 Å². The van der Waals surface area contributed by atoms with Crippen molar-refractivity contribution in [1.82, 2.24) is 9.97 Å². The second kappa shape index (κ2) is 5.42. The number of hydrogen-bond donors (Lipinski definition) is 2. The first-order chi connectivity index (χ1) is 7.65. The maximum absolute atomic E-state index is 9.00. The molecule has 1 aromatic rings. The van der Waals surface area contributed by atoms with Crippen molar-refractivity contribution in [1.29, 1.82) is 5.26 Å². The highest BCUT2D eigenvalue weighted by atomic mass is 16.3. The minimum atomic E-state index is -0.267. The monoisotopic (exact) mass is 220 g/mol. The summed E-state index contributed by atoms with van der Waals surface area (Å²) < 4.78 is 0. The van der Waals surface area contributed by atoms with Crippen molar-refractivity contribution in [2.75, 3.05) is 11.9 Å². The molecule has 0 aliphatic heterocycles. The minimum absolute atomic E-state index is 0.0967. The summed E-state index contributed by atoms with van der Waals surface area (Å²) in [5, 5.41) is 21.0. The average molecular weight is 220 g/mol. The molecule has 1 rings (SSSR count). The molecule has 0 spiro atoms. The van der Waals surface area contributed by atoms with E-state index in [9.17, 15) is 0 Å². The summed E-state index contributed by atoms with van der Waals surface area (Å²) in [6.45, 7) is 4.10. The Labute approximate surface area is 95.2 Å². The van der Waals surface area contributed by atoms with Gasteiger partial charge in [0.25, 0.3) is 0 Å².